The molecule has 0 aliphatic carbocycles. The van der Waals surface area contributed by atoms with E-state index in [9.17, 15) is 47.4 Å². The molecular formula is C30H29F6NO7S5. The largest absolute Gasteiger partial charge is 0.508 e. The van der Waals surface area contributed by atoms with Crippen LogP contribution in [-0.4, -0.2) is 57.0 Å². The molecule has 0 fully saturated rings. The Morgan fingerprint density at radius 2 is 1.41 bits per heavy atom. The number of anilines is 1. The molecule has 1 atom stereocenters. The summed E-state index contributed by atoms with van der Waals surface area (Å²) in [6.07, 6.45) is 6.43. The van der Waals surface area contributed by atoms with Gasteiger partial charge >= 0.3 is 22.1 Å². The van der Waals surface area contributed by atoms with Crippen LogP contribution in [0.5, 0.6) is 0 Å². The van der Waals surface area contributed by atoms with Gasteiger partial charge in [-0.05, 0) is 75.8 Å². The smallest absolute Gasteiger partial charge is 0.477 e. The first kappa shape index (κ1) is 38.7. The lowest BCUT2D eigenvalue weighted by Gasteiger charge is -2.21. The van der Waals surface area contributed by atoms with Crippen LogP contribution < -0.4 is 4.90 Å². The van der Waals surface area contributed by atoms with Gasteiger partial charge in [-0.3, -0.25) is 0 Å². The summed E-state index contributed by atoms with van der Waals surface area (Å²) >= 11 is -1.55. The van der Waals surface area contributed by atoms with Crippen LogP contribution in [0.15, 0.2) is 63.8 Å². The van der Waals surface area contributed by atoms with Gasteiger partial charge in [0.1, 0.15) is 5.60 Å². The summed E-state index contributed by atoms with van der Waals surface area (Å²) in [6, 6.07) is 11.7. The summed E-state index contributed by atoms with van der Waals surface area (Å²) in [4.78, 5) is 3.67. The predicted octanol–water partition coefficient (Wildman–Crippen LogP) is 8.40. The van der Waals surface area contributed by atoms with E-state index in [1.165, 1.54) is 28.7 Å². The van der Waals surface area contributed by atoms with Crippen LogP contribution in [-0.2, 0) is 39.7 Å². The Morgan fingerprint density at radius 1 is 0.898 bits per heavy atom. The molecule has 0 radical (unpaired) electrons. The third kappa shape index (κ3) is 8.44. The molecule has 2 aromatic heterocycles. The van der Waals surface area contributed by atoms with Crippen molar-refractivity contribution in [3.05, 3.63) is 79.1 Å². The summed E-state index contributed by atoms with van der Waals surface area (Å²) in [5.41, 5.74) is -12.1. The number of halogens is 6. The number of rotatable bonds is 11. The van der Waals surface area contributed by atoms with Gasteiger partial charge in [0.15, 0.2) is 21.4 Å². The first-order chi connectivity index (χ1) is 22.5. The number of thiophene rings is 2. The summed E-state index contributed by atoms with van der Waals surface area (Å²) in [7, 11) is -12.1. The highest BCUT2D eigenvalue weighted by Gasteiger charge is 2.56. The second kappa shape index (κ2) is 13.9. The third-order valence-electron chi connectivity index (χ3n) is 7.00. The molecule has 3 heterocycles. The third-order valence-corrected chi connectivity index (χ3v) is 13.6. The lowest BCUT2D eigenvalue weighted by Crippen LogP contribution is -2.30. The van der Waals surface area contributed by atoms with E-state index in [1.807, 2.05) is 42.5 Å². The van der Waals surface area contributed by atoms with Crippen molar-refractivity contribution in [2.24, 2.45) is 0 Å². The van der Waals surface area contributed by atoms with E-state index in [0.717, 1.165) is 58.5 Å². The highest BCUT2D eigenvalue weighted by atomic mass is 32.3. The van der Waals surface area contributed by atoms with Crippen LogP contribution >= 0.6 is 22.7 Å². The van der Waals surface area contributed by atoms with Gasteiger partial charge in [-0.15, -0.1) is 22.7 Å². The summed E-state index contributed by atoms with van der Waals surface area (Å²) in [5.74, 6) is -3.06. The number of nitrogens with zero attached hydrogens (tertiary/aromatic N) is 1. The van der Waals surface area contributed by atoms with Crippen LogP contribution in [0.3, 0.4) is 0 Å². The molecule has 1 unspecified atom stereocenters. The SMILES string of the molecule is CCN(CC)c1ccc(/C=C/c2cc3sc(/C=C/C4=C(OS(=O)C(F)(F)F)C(=C(\S(C)(=O)=O)S(=O)(=O)C(F)(F)F)/OC4(C)C)cc3s2)cc1. The minimum absolute atomic E-state index is 0.103. The van der Waals surface area contributed by atoms with E-state index in [1.54, 1.807) is 6.07 Å². The number of ether oxygens (including phenoxy) is 1. The van der Waals surface area contributed by atoms with E-state index >= 15 is 0 Å². The monoisotopic (exact) mass is 789 g/mol. The van der Waals surface area contributed by atoms with Gasteiger partial charge in [0, 0.05) is 49.8 Å². The molecule has 4 rings (SSSR count). The average Bonchev–Trinajstić information content (AvgIpc) is 3.59. The maximum atomic E-state index is 13.5. The van der Waals surface area contributed by atoms with Gasteiger partial charge in [0.2, 0.25) is 4.24 Å². The molecule has 3 aromatic rings. The number of sulfone groups is 2. The van der Waals surface area contributed by atoms with Crippen LogP contribution in [0.1, 0.15) is 43.0 Å². The fraction of sp³-hybridized carbons (Fsp3) is 0.333. The van der Waals surface area contributed by atoms with Crippen LogP contribution in [0.4, 0.5) is 32.0 Å². The Bertz CT molecular complexity index is 2070. The zero-order valence-electron chi connectivity index (χ0n) is 26.3. The fourth-order valence-electron chi connectivity index (χ4n) is 4.73. The normalized spacial score (nSPS) is 17.7. The number of alkyl halides is 6. The molecule has 1 aromatic carbocycles. The van der Waals surface area contributed by atoms with Gasteiger partial charge in [0.25, 0.3) is 9.84 Å². The molecule has 19 heteroatoms. The number of benzene rings is 1. The molecule has 8 nitrogen and oxygen atoms in total. The molecule has 0 amide bonds. The zero-order chi connectivity index (χ0) is 36.7. The second-order valence-corrected chi connectivity index (χ2v) is 18.3. The van der Waals surface area contributed by atoms with Crippen LogP contribution in [0.2, 0.25) is 0 Å². The average molecular weight is 790 g/mol. The Balaban J connectivity index is 1.74. The van der Waals surface area contributed by atoms with Crippen molar-refractivity contribution in [3.63, 3.8) is 0 Å². The maximum absolute atomic E-state index is 13.5. The quantitative estimate of drug-likeness (QED) is 0.179. The summed E-state index contributed by atoms with van der Waals surface area (Å²) < 4.78 is 151. The summed E-state index contributed by atoms with van der Waals surface area (Å²) in [6.45, 7) is 8.19. The molecule has 1 aliphatic rings. The van der Waals surface area contributed by atoms with Crippen molar-refractivity contribution in [1.29, 1.82) is 0 Å². The predicted molar refractivity (Wildman–Crippen MR) is 182 cm³/mol. The molecular weight excluding hydrogens is 761 g/mol. The van der Waals surface area contributed by atoms with Gasteiger partial charge < -0.3 is 13.8 Å². The van der Waals surface area contributed by atoms with Crippen molar-refractivity contribution < 1.29 is 56.3 Å². The lowest BCUT2D eigenvalue weighted by atomic mass is 9.98. The fourth-order valence-corrected chi connectivity index (χ4v) is 10.3. The van der Waals surface area contributed by atoms with E-state index in [2.05, 4.69) is 22.9 Å². The molecule has 0 saturated heterocycles. The Hall–Kier alpha value is -3.13. The van der Waals surface area contributed by atoms with Crippen molar-refractivity contribution >= 4 is 86.7 Å². The van der Waals surface area contributed by atoms with E-state index in [-0.39, 0.29) is 6.26 Å². The van der Waals surface area contributed by atoms with E-state index in [4.69, 9.17) is 4.74 Å². The first-order valence-electron chi connectivity index (χ1n) is 14.1. The number of fused-ring (bicyclic) bond motifs is 1. The van der Waals surface area contributed by atoms with Gasteiger partial charge in [-0.25, -0.2) is 21.0 Å². The molecule has 268 valence electrons. The highest BCUT2D eigenvalue weighted by molar-refractivity contribution is 8.14. The van der Waals surface area contributed by atoms with Gasteiger partial charge in [-0.2, -0.15) is 26.3 Å². The molecule has 1 aliphatic heterocycles. The maximum Gasteiger partial charge on any atom is 0.508 e. The second-order valence-electron chi connectivity index (χ2n) is 10.9. The molecule has 0 spiro atoms. The van der Waals surface area contributed by atoms with Crippen molar-refractivity contribution in [1.82, 2.24) is 0 Å². The minimum Gasteiger partial charge on any atom is -0.477 e. The highest BCUT2D eigenvalue weighted by Crippen LogP contribution is 2.47. The van der Waals surface area contributed by atoms with Crippen molar-refractivity contribution in [2.75, 3.05) is 24.2 Å². The summed E-state index contributed by atoms with van der Waals surface area (Å²) in [5, 5.41) is 0. The van der Waals surface area contributed by atoms with Crippen molar-refractivity contribution in [2.45, 2.75) is 44.3 Å². The van der Waals surface area contributed by atoms with E-state index in [0.29, 0.717) is 4.88 Å². The van der Waals surface area contributed by atoms with Crippen LogP contribution in [0, 0.1) is 0 Å². The molecule has 49 heavy (non-hydrogen) atoms. The Kier molecular flexibility index (Phi) is 11.0. The first-order valence-corrected chi connectivity index (χ1v) is 20.2. The Morgan fingerprint density at radius 3 is 1.86 bits per heavy atom. The Labute approximate surface area is 289 Å². The van der Waals surface area contributed by atoms with Crippen LogP contribution in [0.25, 0.3) is 27.6 Å². The number of hydrogen-bond acceptors (Lipinski definition) is 10. The zero-order valence-corrected chi connectivity index (χ0v) is 30.4. The van der Waals surface area contributed by atoms with Crippen molar-refractivity contribution in [3.8, 4) is 0 Å². The van der Waals surface area contributed by atoms with Gasteiger partial charge in [-0.1, -0.05) is 18.2 Å². The van der Waals surface area contributed by atoms with Gasteiger partial charge in [0.05, 0.1) is 0 Å². The topological polar surface area (TPSA) is 107 Å². The standard InChI is InChI=1S/C30H29F6NO7S5/c1-6-37(7-2)19-11-8-18(9-12-19)10-13-20-16-23-24(45-20)17-21(46-23)14-15-22-25(44-47(38)29(31,32)33)26(43-28(22,3)4)27(48(5,39)40)49(41,42)30(34,35)36/h8-17H,6-7H2,1-5H3/b13-10+,15-14+,27-26-. The molecule has 0 N–H and O–H groups in total. The molecule has 0 saturated carbocycles. The number of hydrogen-bond donors (Lipinski definition) is 0. The molecule has 0 bridgehead atoms. The minimum atomic E-state index is -6.72. The van der Waals surface area contributed by atoms with E-state index < -0.39 is 68.7 Å². The lowest BCUT2D eigenvalue weighted by molar-refractivity contribution is -0.0459.